The van der Waals surface area contributed by atoms with Gasteiger partial charge in [0.15, 0.2) is 17.7 Å². The van der Waals surface area contributed by atoms with E-state index in [9.17, 15) is 23.9 Å². The molecule has 2 aromatic heterocycles. The summed E-state index contributed by atoms with van der Waals surface area (Å²) in [6, 6.07) is 0. The quantitative estimate of drug-likeness (QED) is 0.0971. The predicted molar refractivity (Wildman–Crippen MR) is 110 cm³/mol. The first-order chi connectivity index (χ1) is 15.9. The number of aliphatic hydroxyl groups is 3. The summed E-state index contributed by atoms with van der Waals surface area (Å²) in [5, 5.41) is 28.7. The van der Waals surface area contributed by atoms with Gasteiger partial charge in [0.2, 0.25) is 0 Å². The van der Waals surface area contributed by atoms with Crippen LogP contribution in [0.4, 0.5) is 5.82 Å². The van der Waals surface area contributed by atoms with E-state index in [2.05, 4.69) is 28.3 Å². The SMILES string of the molecule is Nc1ncnc2c1ncn2[C@@H]1O[C@H](CO)[C@@H](O)[C@H]1O.O=P(O)(O)OB(OP(=O)(O)O)OP(=O)(O)O.[H-].[H-].[Na+].[Na+]. The van der Waals surface area contributed by atoms with E-state index in [0.29, 0.717) is 11.2 Å². The number of phosphoric acid groups is 3. The van der Waals surface area contributed by atoms with Crippen LogP contribution in [0.15, 0.2) is 12.7 Å². The van der Waals surface area contributed by atoms with Gasteiger partial charge in [0.05, 0.1) is 12.9 Å². The third-order valence-corrected chi connectivity index (χ3v) is 5.19. The van der Waals surface area contributed by atoms with Gasteiger partial charge in [0.1, 0.15) is 30.2 Å². The number of hydrogen-bond acceptors (Lipinski definition) is 14. The van der Waals surface area contributed by atoms with Crippen LogP contribution in [-0.4, -0.2) is 96.4 Å². The second-order valence-electron chi connectivity index (χ2n) is 6.39. The molecule has 1 aliphatic heterocycles. The number of aromatic nitrogens is 4. The van der Waals surface area contributed by atoms with Crippen molar-refractivity contribution in [3.63, 3.8) is 0 Å². The number of rotatable bonds is 8. The number of fused-ring (bicyclic) bond motifs is 1. The molecular weight excluding hydrogens is 596 g/mol. The van der Waals surface area contributed by atoms with Crippen molar-refractivity contribution in [2.75, 3.05) is 12.3 Å². The second kappa shape index (κ2) is 15.0. The number of hydrogen-bond donors (Lipinski definition) is 10. The number of aliphatic hydroxyl groups excluding tert-OH is 3. The molecule has 0 bridgehead atoms. The molecule has 3 rings (SSSR count). The first-order valence-corrected chi connectivity index (χ1v) is 13.3. The molecule has 2 aromatic rings. The zero-order chi connectivity index (χ0) is 26.8. The number of nitrogen functional groups attached to an aromatic ring is 1. The molecule has 0 saturated carbocycles. The van der Waals surface area contributed by atoms with E-state index in [1.54, 1.807) is 0 Å². The summed E-state index contributed by atoms with van der Waals surface area (Å²) in [5.41, 5.74) is 6.44. The third-order valence-electron chi connectivity index (χ3n) is 3.85. The van der Waals surface area contributed by atoms with E-state index >= 15 is 0 Å². The molecule has 0 spiro atoms. The zero-order valence-corrected chi connectivity index (χ0v) is 25.5. The summed E-state index contributed by atoms with van der Waals surface area (Å²) in [6.45, 7) is -0.390. The van der Waals surface area contributed by atoms with Crippen LogP contribution in [0.5, 0.6) is 0 Å². The molecule has 1 saturated heterocycles. The van der Waals surface area contributed by atoms with Crippen molar-refractivity contribution in [2.24, 2.45) is 0 Å². The Morgan fingerprint density at radius 1 is 0.946 bits per heavy atom. The van der Waals surface area contributed by atoms with Gasteiger partial charge in [-0.2, -0.15) is 0 Å². The largest absolute Gasteiger partial charge is 1.00 e. The number of imidazole rings is 1. The first kappa shape index (κ1) is 37.6. The van der Waals surface area contributed by atoms with Crippen molar-refractivity contribution in [1.82, 2.24) is 19.5 Å². The van der Waals surface area contributed by atoms with Crippen molar-refractivity contribution in [3.05, 3.63) is 12.7 Å². The Kier molecular flexibility index (Phi) is 15.2. The van der Waals surface area contributed by atoms with Crippen LogP contribution in [0.25, 0.3) is 11.2 Å². The van der Waals surface area contributed by atoms with Gasteiger partial charge < -0.3 is 58.0 Å². The molecule has 0 aromatic carbocycles. The molecule has 0 amide bonds. The molecule has 202 valence electrons. The van der Waals surface area contributed by atoms with Crippen LogP contribution in [0.2, 0.25) is 0 Å². The molecule has 37 heavy (non-hydrogen) atoms. The third kappa shape index (κ3) is 11.9. The van der Waals surface area contributed by atoms with Crippen molar-refractivity contribution in [2.45, 2.75) is 24.5 Å². The molecule has 27 heteroatoms. The van der Waals surface area contributed by atoms with E-state index < -0.39 is 61.9 Å². The molecule has 0 aliphatic carbocycles. The van der Waals surface area contributed by atoms with Crippen LogP contribution in [0.1, 0.15) is 9.08 Å². The summed E-state index contributed by atoms with van der Waals surface area (Å²) in [5.74, 6) is 0.218. The first-order valence-electron chi connectivity index (χ1n) is 8.69. The topological polar surface area (TPSA) is 340 Å². The van der Waals surface area contributed by atoms with Gasteiger partial charge in [-0.25, -0.2) is 28.6 Å². The molecule has 4 atom stereocenters. The minimum absolute atomic E-state index is 0. The average Bonchev–Trinajstić information content (AvgIpc) is 3.20. The van der Waals surface area contributed by atoms with Gasteiger partial charge in [-0.15, -0.1) is 0 Å². The fourth-order valence-corrected chi connectivity index (χ4v) is 3.69. The van der Waals surface area contributed by atoms with Crippen LogP contribution >= 0.6 is 23.5 Å². The Hall–Kier alpha value is 0.585. The number of anilines is 1. The Bertz CT molecular complexity index is 1120. The maximum Gasteiger partial charge on any atom is 1.00 e. The predicted octanol–water partition coefficient (Wildman–Crippen LogP) is -9.45. The van der Waals surface area contributed by atoms with Crippen molar-refractivity contribution in [1.29, 1.82) is 0 Å². The van der Waals surface area contributed by atoms with Gasteiger partial charge in [0, 0.05) is 0 Å². The molecule has 11 N–H and O–H groups in total. The Balaban J connectivity index is -0.000000613. The van der Waals surface area contributed by atoms with Gasteiger partial charge in [-0.3, -0.25) is 17.9 Å². The summed E-state index contributed by atoms with van der Waals surface area (Å²) in [7, 11) is -18.9. The minimum atomic E-state index is -5.33. The van der Waals surface area contributed by atoms with Gasteiger partial charge >= 0.3 is 89.9 Å². The summed E-state index contributed by atoms with van der Waals surface area (Å²) in [6.07, 6.45) is -1.42. The van der Waals surface area contributed by atoms with Crippen LogP contribution in [0.3, 0.4) is 0 Å². The van der Waals surface area contributed by atoms with E-state index in [1.165, 1.54) is 17.2 Å². The Labute approximate surface area is 253 Å². The van der Waals surface area contributed by atoms with Crippen LogP contribution in [-0.2, 0) is 31.8 Å². The van der Waals surface area contributed by atoms with Gasteiger partial charge in [-0.05, 0) is 0 Å². The molecule has 0 radical (unpaired) electrons. The molecule has 3 heterocycles. The monoisotopic (exact) mass is 617 g/mol. The normalized spacial score (nSPS) is 22.0. The molecule has 0 unspecified atom stereocenters. The molecule has 1 aliphatic rings. The van der Waals surface area contributed by atoms with Crippen LogP contribution in [0, 0.1) is 0 Å². The Morgan fingerprint density at radius 3 is 1.84 bits per heavy atom. The number of nitrogens with two attached hydrogens (primary N) is 1. The zero-order valence-electron chi connectivity index (χ0n) is 20.8. The van der Waals surface area contributed by atoms with E-state index in [-0.39, 0.29) is 67.8 Å². The molecular formula is C10H21BN5Na2O16P3. The standard InChI is InChI=1S/C10H13N5O4.BH6O12P3.2Na.2H/c11-8-5-9(13-2-12-8)15(3-14-5)10-7(18)6(17)4(1-16)19-10;2-14(3,4)11-1(12-15(5,6)7)13-16(8,9)10;;;;/h2-4,6-7,10,16-18H,1H2,(H2,11,12,13);(H2,2,3,4)(H2,5,6,7)(H2,8,9,10);;;;/q;;2*+1;2*-1/t4-,6-,7-,10-;;;;;/m1...../s1. The summed E-state index contributed by atoms with van der Waals surface area (Å²) in [4.78, 5) is 61.1. The maximum atomic E-state index is 10.2. The average molecular weight is 617 g/mol. The fourth-order valence-electron chi connectivity index (χ4n) is 2.56. The van der Waals surface area contributed by atoms with E-state index in [4.69, 9.17) is 44.9 Å². The van der Waals surface area contributed by atoms with Crippen LogP contribution < -0.4 is 64.8 Å². The molecule has 1 fully saturated rings. The number of nitrogens with zero attached hydrogens (tertiary/aromatic N) is 4. The van der Waals surface area contributed by atoms with Gasteiger partial charge in [0.25, 0.3) is 0 Å². The smallest absolute Gasteiger partial charge is 1.00 e. The maximum absolute atomic E-state index is 10.2. The molecule has 21 nitrogen and oxygen atoms in total. The van der Waals surface area contributed by atoms with Crippen molar-refractivity contribution < 1.29 is 138 Å². The summed E-state index contributed by atoms with van der Waals surface area (Å²) >= 11 is 0. The fraction of sp³-hybridized carbons (Fsp3) is 0.500. The summed E-state index contributed by atoms with van der Waals surface area (Å²) < 4.78 is 47.8. The van der Waals surface area contributed by atoms with E-state index in [0.717, 1.165) is 0 Å². The minimum Gasteiger partial charge on any atom is -1.00 e. The van der Waals surface area contributed by atoms with Crippen molar-refractivity contribution >= 4 is 47.8 Å². The van der Waals surface area contributed by atoms with Gasteiger partial charge in [-0.1, -0.05) is 0 Å². The van der Waals surface area contributed by atoms with Crippen molar-refractivity contribution in [3.8, 4) is 0 Å². The second-order valence-corrected chi connectivity index (χ2v) is 9.96. The number of ether oxygens (including phenoxy) is 1. The van der Waals surface area contributed by atoms with E-state index in [1.807, 2.05) is 0 Å². The Morgan fingerprint density at radius 2 is 1.43 bits per heavy atom.